The molecule has 1 heterocycles. The molecule has 24 heavy (non-hydrogen) atoms. The van der Waals surface area contributed by atoms with Crippen molar-refractivity contribution in [3.63, 3.8) is 0 Å². The molecule has 0 atom stereocenters. The second-order valence-electron chi connectivity index (χ2n) is 5.36. The Morgan fingerprint density at radius 1 is 0.958 bits per heavy atom. The van der Waals surface area contributed by atoms with E-state index in [2.05, 4.69) is 10.2 Å². The zero-order valence-corrected chi connectivity index (χ0v) is 12.5. The Labute approximate surface area is 137 Å². The van der Waals surface area contributed by atoms with Crippen LogP contribution in [0, 0.1) is 5.82 Å². The van der Waals surface area contributed by atoms with Gasteiger partial charge >= 0.3 is 0 Å². The number of halogens is 1. The molecule has 0 saturated carbocycles. The van der Waals surface area contributed by atoms with E-state index in [9.17, 15) is 9.50 Å². The highest BCUT2D eigenvalue weighted by atomic mass is 19.1. The molecule has 2 N–H and O–H groups in total. The smallest absolute Gasteiger partial charge is 0.165 e. The number of H-pyrrole nitrogens is 1. The number of phenols is 1. The minimum atomic E-state index is -0.410. The minimum Gasteiger partial charge on any atom is -0.508 e. The van der Waals surface area contributed by atoms with Crippen LogP contribution in [0.1, 0.15) is 0 Å². The van der Waals surface area contributed by atoms with Crippen LogP contribution in [-0.2, 0) is 0 Å². The monoisotopic (exact) mass is 320 g/mol. The van der Waals surface area contributed by atoms with Gasteiger partial charge in [0.05, 0.1) is 11.2 Å². The molecule has 5 heteroatoms. The van der Waals surface area contributed by atoms with E-state index in [0.717, 1.165) is 22.2 Å². The summed E-state index contributed by atoms with van der Waals surface area (Å²) in [7, 11) is 0. The van der Waals surface area contributed by atoms with Crippen molar-refractivity contribution in [2.24, 2.45) is 0 Å². The predicted molar refractivity (Wildman–Crippen MR) is 89.7 cm³/mol. The number of nitrogens with one attached hydrogen (secondary N) is 1. The molecule has 0 aliphatic carbocycles. The van der Waals surface area contributed by atoms with Gasteiger partial charge in [0.25, 0.3) is 0 Å². The van der Waals surface area contributed by atoms with E-state index in [1.165, 1.54) is 6.07 Å². The van der Waals surface area contributed by atoms with Crippen LogP contribution in [-0.4, -0.2) is 15.3 Å². The van der Waals surface area contributed by atoms with Gasteiger partial charge in [0.2, 0.25) is 0 Å². The third kappa shape index (κ3) is 2.56. The molecular weight excluding hydrogens is 307 g/mol. The molecule has 0 aliphatic rings. The number of phenolic OH excluding ortho intramolecular Hbond substituents is 1. The molecule has 0 saturated heterocycles. The molecule has 0 aliphatic heterocycles. The summed E-state index contributed by atoms with van der Waals surface area (Å²) in [6, 6.07) is 18.5. The molecule has 1 aromatic heterocycles. The molecule has 3 aromatic carbocycles. The lowest BCUT2D eigenvalue weighted by Gasteiger charge is -2.06. The van der Waals surface area contributed by atoms with Crippen LogP contribution in [0.2, 0.25) is 0 Å². The van der Waals surface area contributed by atoms with Gasteiger partial charge in [0.15, 0.2) is 11.6 Å². The van der Waals surface area contributed by atoms with Crippen LogP contribution >= 0.6 is 0 Å². The maximum atomic E-state index is 13.7. The van der Waals surface area contributed by atoms with Crippen LogP contribution in [0.4, 0.5) is 4.39 Å². The maximum Gasteiger partial charge on any atom is 0.165 e. The van der Waals surface area contributed by atoms with Gasteiger partial charge in [-0.15, -0.1) is 0 Å². The van der Waals surface area contributed by atoms with Gasteiger partial charge in [0, 0.05) is 17.0 Å². The van der Waals surface area contributed by atoms with E-state index in [0.29, 0.717) is 5.75 Å². The molecule has 0 spiro atoms. The number of aromatic hydroxyl groups is 1. The summed E-state index contributed by atoms with van der Waals surface area (Å²) in [4.78, 5) is 0. The van der Waals surface area contributed by atoms with Crippen LogP contribution in [0.3, 0.4) is 0 Å². The fourth-order valence-electron chi connectivity index (χ4n) is 2.56. The van der Waals surface area contributed by atoms with Crippen molar-refractivity contribution in [3.8, 4) is 28.5 Å². The summed E-state index contributed by atoms with van der Waals surface area (Å²) in [5.41, 5.74) is 2.45. The van der Waals surface area contributed by atoms with E-state index in [4.69, 9.17) is 4.74 Å². The number of ether oxygens (including phenoxy) is 1. The number of aromatic nitrogens is 2. The first-order valence-electron chi connectivity index (χ1n) is 7.40. The Morgan fingerprint density at radius 3 is 2.54 bits per heavy atom. The van der Waals surface area contributed by atoms with Crippen molar-refractivity contribution in [2.75, 3.05) is 0 Å². The van der Waals surface area contributed by atoms with Gasteiger partial charge < -0.3 is 9.84 Å². The van der Waals surface area contributed by atoms with Gasteiger partial charge in [-0.3, -0.25) is 5.10 Å². The third-order valence-corrected chi connectivity index (χ3v) is 3.74. The molecule has 0 unspecified atom stereocenters. The number of hydrogen-bond acceptors (Lipinski definition) is 3. The number of fused-ring (bicyclic) bond motifs is 1. The Morgan fingerprint density at radius 2 is 1.75 bits per heavy atom. The van der Waals surface area contributed by atoms with Gasteiger partial charge in [-0.2, -0.15) is 5.10 Å². The number of nitrogens with zero attached hydrogens (tertiary/aromatic N) is 1. The van der Waals surface area contributed by atoms with Gasteiger partial charge in [-0.1, -0.05) is 12.1 Å². The SMILES string of the molecule is Oc1ccc(-c2n[nH]c3cc(Oc4ccccc4F)ccc23)cc1. The second-order valence-corrected chi connectivity index (χ2v) is 5.36. The van der Waals surface area contributed by atoms with Gasteiger partial charge in [-0.25, -0.2) is 4.39 Å². The van der Waals surface area contributed by atoms with Crippen molar-refractivity contribution in [1.82, 2.24) is 10.2 Å². The molecule has 0 amide bonds. The normalized spacial score (nSPS) is 10.9. The first-order valence-corrected chi connectivity index (χ1v) is 7.40. The largest absolute Gasteiger partial charge is 0.508 e. The topological polar surface area (TPSA) is 58.1 Å². The van der Waals surface area contributed by atoms with Crippen LogP contribution in [0.5, 0.6) is 17.2 Å². The zero-order chi connectivity index (χ0) is 16.5. The standard InChI is InChI=1S/C19H13FN2O2/c20-16-3-1-2-4-18(16)24-14-9-10-15-17(11-14)21-22-19(15)12-5-7-13(23)8-6-12/h1-11,23H,(H,21,22). The molecule has 4 aromatic rings. The lowest BCUT2D eigenvalue weighted by Crippen LogP contribution is -1.87. The van der Waals surface area contributed by atoms with Crippen molar-refractivity contribution in [1.29, 1.82) is 0 Å². The highest BCUT2D eigenvalue weighted by Crippen LogP contribution is 2.31. The Hall–Kier alpha value is -3.34. The zero-order valence-electron chi connectivity index (χ0n) is 12.5. The number of benzene rings is 3. The fourth-order valence-corrected chi connectivity index (χ4v) is 2.56. The second kappa shape index (κ2) is 5.70. The average Bonchev–Trinajstić information content (AvgIpc) is 3.01. The number of aromatic amines is 1. The summed E-state index contributed by atoms with van der Waals surface area (Å²) in [6.07, 6.45) is 0. The van der Waals surface area contributed by atoms with E-state index < -0.39 is 5.82 Å². The minimum absolute atomic E-state index is 0.176. The van der Waals surface area contributed by atoms with E-state index in [1.807, 2.05) is 6.07 Å². The van der Waals surface area contributed by atoms with Gasteiger partial charge in [-0.05, 0) is 48.5 Å². The van der Waals surface area contributed by atoms with E-state index >= 15 is 0 Å². The molecule has 0 radical (unpaired) electrons. The van der Waals surface area contributed by atoms with Crippen LogP contribution < -0.4 is 4.74 Å². The summed E-state index contributed by atoms with van der Waals surface area (Å²) in [5, 5.41) is 17.6. The third-order valence-electron chi connectivity index (χ3n) is 3.74. The van der Waals surface area contributed by atoms with Crippen LogP contribution in [0.25, 0.3) is 22.2 Å². The molecule has 0 bridgehead atoms. The average molecular weight is 320 g/mol. The number of rotatable bonds is 3. The first-order chi connectivity index (χ1) is 11.7. The van der Waals surface area contributed by atoms with E-state index in [1.54, 1.807) is 54.6 Å². The summed E-state index contributed by atoms with van der Waals surface area (Å²) in [6.45, 7) is 0. The van der Waals surface area contributed by atoms with Crippen molar-refractivity contribution >= 4 is 10.9 Å². The molecule has 4 nitrogen and oxygen atoms in total. The highest BCUT2D eigenvalue weighted by Gasteiger charge is 2.10. The maximum absolute atomic E-state index is 13.7. The highest BCUT2D eigenvalue weighted by molar-refractivity contribution is 5.93. The first kappa shape index (κ1) is 14.3. The predicted octanol–water partition coefficient (Wildman–Crippen LogP) is 4.87. The fraction of sp³-hybridized carbons (Fsp3) is 0. The quantitative estimate of drug-likeness (QED) is 0.566. The molecule has 4 rings (SSSR count). The van der Waals surface area contributed by atoms with Gasteiger partial charge in [0.1, 0.15) is 11.5 Å². The van der Waals surface area contributed by atoms with Crippen molar-refractivity contribution < 1.29 is 14.2 Å². The Kier molecular flexibility index (Phi) is 3.39. The molecule has 118 valence electrons. The Balaban J connectivity index is 1.70. The van der Waals surface area contributed by atoms with Crippen molar-refractivity contribution in [3.05, 3.63) is 72.5 Å². The summed E-state index contributed by atoms with van der Waals surface area (Å²) < 4.78 is 19.3. The summed E-state index contributed by atoms with van der Waals surface area (Å²) in [5.74, 6) is 0.495. The van der Waals surface area contributed by atoms with Crippen molar-refractivity contribution in [2.45, 2.75) is 0 Å². The molecular formula is C19H13FN2O2. The lowest BCUT2D eigenvalue weighted by molar-refractivity contribution is 0.443. The number of hydrogen-bond donors (Lipinski definition) is 2. The molecule has 0 fully saturated rings. The lowest BCUT2D eigenvalue weighted by atomic mass is 10.1. The Bertz CT molecular complexity index is 1010. The summed E-state index contributed by atoms with van der Waals surface area (Å²) >= 11 is 0. The van der Waals surface area contributed by atoms with E-state index in [-0.39, 0.29) is 11.5 Å². The van der Waals surface area contributed by atoms with Crippen LogP contribution in [0.15, 0.2) is 66.7 Å². The number of para-hydroxylation sites is 1.